The van der Waals surface area contributed by atoms with E-state index in [1.54, 1.807) is 0 Å². The third-order valence-electron chi connectivity index (χ3n) is 6.42. The average Bonchev–Trinajstić information content (AvgIpc) is 2.53. The van der Waals surface area contributed by atoms with Gasteiger partial charge < -0.3 is 5.11 Å². The van der Waals surface area contributed by atoms with Crippen molar-refractivity contribution in [2.75, 3.05) is 0 Å². The van der Waals surface area contributed by atoms with Crippen LogP contribution >= 0.6 is 0 Å². The molecule has 0 aromatic rings. The van der Waals surface area contributed by atoms with Gasteiger partial charge in [-0.15, -0.1) is 0 Å². The SMILES string of the molecule is C[C@H]1CC[C@@H]2[C@@H]3[C@@](C)(CC[C@@]31O)CC2(C)C. The first kappa shape index (κ1) is 11.1. The molecule has 0 aromatic heterocycles. The highest BCUT2D eigenvalue weighted by molar-refractivity contribution is 5.17. The minimum atomic E-state index is -0.328. The van der Waals surface area contributed by atoms with Crippen LogP contribution in [0.15, 0.2) is 0 Å². The second-order valence-corrected chi connectivity index (χ2v) is 7.87. The fraction of sp³-hybridized carbons (Fsp3) is 1.00. The molecule has 0 aromatic carbocycles. The first-order chi connectivity index (χ1) is 7.30. The Morgan fingerprint density at radius 2 is 1.75 bits per heavy atom. The Morgan fingerprint density at radius 3 is 2.44 bits per heavy atom. The van der Waals surface area contributed by atoms with Crippen molar-refractivity contribution in [2.24, 2.45) is 28.6 Å². The van der Waals surface area contributed by atoms with E-state index < -0.39 is 0 Å². The summed E-state index contributed by atoms with van der Waals surface area (Å²) in [6, 6.07) is 0. The molecule has 3 rings (SSSR count). The standard InChI is InChI=1S/C15H26O/c1-10-5-6-11-12-14(4,9-13(11,2)3)7-8-15(10,12)16/h10-12,16H,5-9H2,1-4H3/t10-,11+,12+,14-,15-/m0/s1. The van der Waals surface area contributed by atoms with Crippen molar-refractivity contribution in [3.05, 3.63) is 0 Å². The highest BCUT2D eigenvalue weighted by Crippen LogP contribution is 2.71. The molecule has 0 heterocycles. The van der Waals surface area contributed by atoms with Crippen LogP contribution in [-0.4, -0.2) is 10.7 Å². The molecule has 1 nitrogen and oxygen atoms in total. The Labute approximate surface area is 99.6 Å². The molecule has 16 heavy (non-hydrogen) atoms. The third-order valence-corrected chi connectivity index (χ3v) is 6.42. The van der Waals surface area contributed by atoms with Crippen LogP contribution in [-0.2, 0) is 0 Å². The van der Waals surface area contributed by atoms with Crippen LogP contribution in [0.4, 0.5) is 0 Å². The largest absolute Gasteiger partial charge is 0.389 e. The number of aliphatic hydroxyl groups is 1. The highest BCUT2D eigenvalue weighted by atomic mass is 16.3. The van der Waals surface area contributed by atoms with E-state index in [9.17, 15) is 5.11 Å². The van der Waals surface area contributed by atoms with E-state index in [-0.39, 0.29) is 5.60 Å². The Hall–Kier alpha value is -0.0400. The molecule has 0 radical (unpaired) electrons. The summed E-state index contributed by atoms with van der Waals surface area (Å²) in [5.41, 5.74) is 0.553. The molecule has 0 unspecified atom stereocenters. The normalized spacial score (nSPS) is 58.7. The Bertz CT molecular complexity index is 321. The zero-order chi connectivity index (χ0) is 11.8. The quantitative estimate of drug-likeness (QED) is 0.664. The smallest absolute Gasteiger partial charge is 0.0709 e. The van der Waals surface area contributed by atoms with Crippen molar-refractivity contribution in [1.29, 1.82) is 0 Å². The molecule has 1 heteroatoms. The summed E-state index contributed by atoms with van der Waals surface area (Å²) in [4.78, 5) is 0. The summed E-state index contributed by atoms with van der Waals surface area (Å²) in [5.74, 6) is 1.87. The Kier molecular flexibility index (Phi) is 1.98. The molecule has 3 aliphatic carbocycles. The van der Waals surface area contributed by atoms with Crippen LogP contribution in [0.25, 0.3) is 0 Å². The maximum atomic E-state index is 11.1. The van der Waals surface area contributed by atoms with Gasteiger partial charge in [0.25, 0.3) is 0 Å². The van der Waals surface area contributed by atoms with E-state index in [0.717, 1.165) is 12.3 Å². The van der Waals surface area contributed by atoms with Crippen molar-refractivity contribution >= 4 is 0 Å². The van der Waals surface area contributed by atoms with Gasteiger partial charge in [0.2, 0.25) is 0 Å². The van der Waals surface area contributed by atoms with Crippen LogP contribution in [0.5, 0.6) is 0 Å². The van der Waals surface area contributed by atoms with Gasteiger partial charge >= 0.3 is 0 Å². The van der Waals surface area contributed by atoms with Gasteiger partial charge in [-0.05, 0) is 60.7 Å². The van der Waals surface area contributed by atoms with E-state index in [1.165, 1.54) is 25.7 Å². The molecule has 0 aliphatic heterocycles. The first-order valence-electron chi connectivity index (χ1n) is 7.02. The lowest BCUT2D eigenvalue weighted by Gasteiger charge is -2.47. The van der Waals surface area contributed by atoms with Gasteiger partial charge in [-0.25, -0.2) is 0 Å². The molecule has 3 aliphatic rings. The highest BCUT2D eigenvalue weighted by Gasteiger charge is 2.67. The molecule has 3 saturated carbocycles. The predicted molar refractivity (Wildman–Crippen MR) is 66.1 cm³/mol. The number of hydrogen-bond donors (Lipinski definition) is 1. The van der Waals surface area contributed by atoms with Crippen molar-refractivity contribution in [3.8, 4) is 0 Å². The molecule has 5 atom stereocenters. The lowest BCUT2D eigenvalue weighted by Crippen LogP contribution is -2.49. The van der Waals surface area contributed by atoms with E-state index in [1.807, 2.05) is 0 Å². The molecular weight excluding hydrogens is 196 g/mol. The lowest BCUT2D eigenvalue weighted by atomic mass is 9.61. The first-order valence-corrected chi connectivity index (χ1v) is 7.02. The van der Waals surface area contributed by atoms with Gasteiger partial charge in [0.05, 0.1) is 5.60 Å². The van der Waals surface area contributed by atoms with Gasteiger partial charge in [-0.2, -0.15) is 0 Å². The summed E-state index contributed by atoms with van der Waals surface area (Å²) < 4.78 is 0. The summed E-state index contributed by atoms with van der Waals surface area (Å²) in [5, 5.41) is 11.1. The van der Waals surface area contributed by atoms with Crippen LogP contribution in [0.2, 0.25) is 0 Å². The van der Waals surface area contributed by atoms with Gasteiger partial charge in [-0.1, -0.05) is 27.7 Å². The topological polar surface area (TPSA) is 20.2 Å². The summed E-state index contributed by atoms with van der Waals surface area (Å²) in [6.07, 6.45) is 6.21. The molecule has 0 spiro atoms. The zero-order valence-corrected chi connectivity index (χ0v) is 11.2. The molecule has 3 fully saturated rings. The van der Waals surface area contributed by atoms with Crippen LogP contribution in [0.3, 0.4) is 0 Å². The fourth-order valence-electron chi connectivity index (χ4n) is 5.85. The summed E-state index contributed by atoms with van der Waals surface area (Å²) >= 11 is 0. The molecule has 0 amide bonds. The monoisotopic (exact) mass is 222 g/mol. The van der Waals surface area contributed by atoms with Gasteiger partial charge in [0.1, 0.15) is 0 Å². The minimum Gasteiger partial charge on any atom is -0.389 e. The number of rotatable bonds is 0. The van der Waals surface area contributed by atoms with E-state index in [2.05, 4.69) is 27.7 Å². The maximum absolute atomic E-state index is 11.1. The van der Waals surface area contributed by atoms with Crippen LogP contribution in [0.1, 0.15) is 59.8 Å². The molecule has 92 valence electrons. The molecule has 1 N–H and O–H groups in total. The molecular formula is C15H26O. The van der Waals surface area contributed by atoms with E-state index in [4.69, 9.17) is 0 Å². The summed E-state index contributed by atoms with van der Waals surface area (Å²) in [7, 11) is 0. The second kappa shape index (κ2) is 2.85. The van der Waals surface area contributed by atoms with Gasteiger partial charge in [0.15, 0.2) is 0 Å². The van der Waals surface area contributed by atoms with E-state index >= 15 is 0 Å². The Morgan fingerprint density at radius 1 is 1.06 bits per heavy atom. The number of hydrogen-bond acceptors (Lipinski definition) is 1. The van der Waals surface area contributed by atoms with Crippen molar-refractivity contribution in [1.82, 2.24) is 0 Å². The molecule has 0 saturated heterocycles. The van der Waals surface area contributed by atoms with Crippen molar-refractivity contribution < 1.29 is 5.11 Å². The van der Waals surface area contributed by atoms with Gasteiger partial charge in [-0.3, -0.25) is 0 Å². The Balaban J connectivity index is 2.07. The summed E-state index contributed by atoms with van der Waals surface area (Å²) in [6.45, 7) is 9.57. The minimum absolute atomic E-state index is 0.328. The zero-order valence-electron chi connectivity index (χ0n) is 11.2. The van der Waals surface area contributed by atoms with E-state index in [0.29, 0.717) is 22.7 Å². The third kappa shape index (κ3) is 1.11. The predicted octanol–water partition coefficient (Wildman–Crippen LogP) is 3.61. The van der Waals surface area contributed by atoms with Gasteiger partial charge in [0, 0.05) is 0 Å². The molecule has 0 bridgehead atoms. The van der Waals surface area contributed by atoms with Crippen LogP contribution in [0, 0.1) is 28.6 Å². The average molecular weight is 222 g/mol. The fourth-order valence-corrected chi connectivity index (χ4v) is 5.85. The van der Waals surface area contributed by atoms with Crippen molar-refractivity contribution in [2.45, 2.75) is 65.4 Å². The van der Waals surface area contributed by atoms with Crippen molar-refractivity contribution in [3.63, 3.8) is 0 Å². The lowest BCUT2D eigenvalue weighted by molar-refractivity contribution is -0.110. The van der Waals surface area contributed by atoms with Crippen LogP contribution < -0.4 is 0 Å². The second-order valence-electron chi connectivity index (χ2n) is 7.87. The maximum Gasteiger partial charge on any atom is 0.0709 e.